The predicted molar refractivity (Wildman–Crippen MR) is 111 cm³/mol. The minimum Gasteiger partial charge on any atom is -0.375 e. The van der Waals surface area contributed by atoms with Gasteiger partial charge in [0.25, 0.3) is 0 Å². The lowest BCUT2D eigenvalue weighted by Crippen LogP contribution is -2.58. The van der Waals surface area contributed by atoms with E-state index in [0.717, 1.165) is 57.7 Å². The highest BCUT2D eigenvalue weighted by Gasteiger charge is 2.37. The number of ether oxygens (including phenoxy) is 1. The molecule has 0 aliphatic carbocycles. The van der Waals surface area contributed by atoms with Gasteiger partial charge in [-0.25, -0.2) is 0 Å². The molecule has 1 amide bonds. The number of pyridine rings is 1. The smallest absolute Gasteiger partial charge is 0.223 e. The van der Waals surface area contributed by atoms with Crippen molar-refractivity contribution in [2.24, 2.45) is 0 Å². The van der Waals surface area contributed by atoms with Gasteiger partial charge in [-0.3, -0.25) is 14.7 Å². The van der Waals surface area contributed by atoms with Gasteiger partial charge in [-0.2, -0.15) is 0 Å². The molecule has 2 aliphatic rings. The van der Waals surface area contributed by atoms with Gasteiger partial charge in [0.15, 0.2) is 0 Å². The minimum atomic E-state index is -0.212. The van der Waals surface area contributed by atoms with Crippen LogP contribution in [0.15, 0.2) is 24.4 Å². The number of carbonyl (C=O) groups is 1. The Hall–Kier alpha value is -1.50. The van der Waals surface area contributed by atoms with Gasteiger partial charge in [0.2, 0.25) is 5.91 Å². The second kappa shape index (κ2) is 9.81. The van der Waals surface area contributed by atoms with E-state index in [-0.39, 0.29) is 17.6 Å². The highest BCUT2D eigenvalue weighted by Crippen LogP contribution is 2.27. The molecule has 1 unspecified atom stereocenters. The summed E-state index contributed by atoms with van der Waals surface area (Å²) in [6, 6.07) is 6.57. The summed E-state index contributed by atoms with van der Waals surface area (Å²) in [6.07, 6.45) is 4.98. The number of aromatic nitrogens is 1. The predicted octanol–water partition coefficient (Wildman–Crippen LogP) is 2.09. The number of likely N-dealkylation sites (tertiary alicyclic amines) is 1. The van der Waals surface area contributed by atoms with E-state index in [0.29, 0.717) is 19.1 Å². The van der Waals surface area contributed by atoms with Crippen LogP contribution in [0.2, 0.25) is 0 Å². The molecule has 2 saturated heterocycles. The average Bonchev–Trinajstić information content (AvgIpc) is 2.69. The van der Waals surface area contributed by atoms with Gasteiger partial charge in [0, 0.05) is 56.1 Å². The largest absolute Gasteiger partial charge is 0.375 e. The van der Waals surface area contributed by atoms with Crippen molar-refractivity contribution >= 4 is 5.91 Å². The van der Waals surface area contributed by atoms with Crippen molar-refractivity contribution in [2.45, 2.75) is 64.1 Å². The summed E-state index contributed by atoms with van der Waals surface area (Å²) in [4.78, 5) is 22.3. The lowest BCUT2D eigenvalue weighted by molar-refractivity contribution is -0.128. The molecule has 0 saturated carbocycles. The van der Waals surface area contributed by atoms with E-state index in [1.807, 2.05) is 18.3 Å². The van der Waals surface area contributed by atoms with Gasteiger partial charge in [0.1, 0.15) is 0 Å². The topological polar surface area (TPSA) is 57.7 Å². The zero-order valence-electron chi connectivity index (χ0n) is 17.7. The molecule has 2 aliphatic heterocycles. The van der Waals surface area contributed by atoms with E-state index in [1.165, 1.54) is 0 Å². The van der Waals surface area contributed by atoms with E-state index < -0.39 is 0 Å². The third kappa shape index (κ3) is 5.75. The van der Waals surface area contributed by atoms with E-state index >= 15 is 0 Å². The molecular weight excluding hydrogens is 352 g/mol. The van der Waals surface area contributed by atoms with Gasteiger partial charge < -0.3 is 15.0 Å². The molecule has 3 heterocycles. The van der Waals surface area contributed by atoms with Crippen molar-refractivity contribution in [2.75, 3.05) is 39.3 Å². The summed E-state index contributed by atoms with van der Waals surface area (Å²) < 4.78 is 5.85. The zero-order valence-corrected chi connectivity index (χ0v) is 17.7. The summed E-state index contributed by atoms with van der Waals surface area (Å²) in [5.74, 6) is 0.108. The Labute approximate surface area is 169 Å². The minimum absolute atomic E-state index is 0.00338. The Kier molecular flexibility index (Phi) is 7.43. The Morgan fingerprint density at radius 3 is 2.75 bits per heavy atom. The molecule has 6 heteroatoms. The van der Waals surface area contributed by atoms with Crippen LogP contribution in [0, 0.1) is 0 Å². The standard InChI is InChI=1S/C22H36N4O2/c1-4-25-13-14-28-20(17-25)15-21(27)24-22(16-19-7-5-6-10-23-19)8-11-26(12-9-22)18(2)3/h5-7,10,18,20H,4,8-9,11-17H2,1-3H3,(H,24,27). The van der Waals surface area contributed by atoms with E-state index in [9.17, 15) is 4.79 Å². The molecule has 156 valence electrons. The van der Waals surface area contributed by atoms with Crippen LogP contribution in [0.3, 0.4) is 0 Å². The highest BCUT2D eigenvalue weighted by atomic mass is 16.5. The molecule has 28 heavy (non-hydrogen) atoms. The quantitative estimate of drug-likeness (QED) is 0.775. The summed E-state index contributed by atoms with van der Waals surface area (Å²) in [7, 11) is 0. The first-order chi connectivity index (χ1) is 13.5. The first-order valence-electron chi connectivity index (χ1n) is 10.8. The number of hydrogen-bond donors (Lipinski definition) is 1. The number of morpholine rings is 1. The lowest BCUT2D eigenvalue weighted by Gasteiger charge is -2.44. The van der Waals surface area contributed by atoms with Crippen molar-refractivity contribution in [1.29, 1.82) is 0 Å². The zero-order chi connectivity index (χ0) is 20.0. The summed E-state index contributed by atoms with van der Waals surface area (Å²) in [5.41, 5.74) is 0.836. The van der Waals surface area contributed by atoms with Crippen molar-refractivity contribution in [3.05, 3.63) is 30.1 Å². The Morgan fingerprint density at radius 1 is 1.32 bits per heavy atom. The van der Waals surface area contributed by atoms with Gasteiger partial charge >= 0.3 is 0 Å². The number of hydrogen-bond acceptors (Lipinski definition) is 5. The van der Waals surface area contributed by atoms with Crippen molar-refractivity contribution in [1.82, 2.24) is 20.1 Å². The maximum absolute atomic E-state index is 12.9. The van der Waals surface area contributed by atoms with Gasteiger partial charge in [-0.15, -0.1) is 0 Å². The number of likely N-dealkylation sites (N-methyl/N-ethyl adjacent to an activating group) is 1. The molecule has 6 nitrogen and oxygen atoms in total. The second-order valence-corrected chi connectivity index (χ2v) is 8.55. The molecule has 1 N–H and O–H groups in total. The Morgan fingerprint density at radius 2 is 2.11 bits per heavy atom. The molecule has 0 spiro atoms. The SMILES string of the molecule is CCN1CCOC(CC(=O)NC2(Cc3ccccn3)CCN(C(C)C)CC2)C1. The van der Waals surface area contributed by atoms with Crippen LogP contribution in [0.5, 0.6) is 0 Å². The van der Waals surface area contributed by atoms with Crippen LogP contribution in [0.25, 0.3) is 0 Å². The summed E-state index contributed by atoms with van der Waals surface area (Å²) >= 11 is 0. The van der Waals surface area contributed by atoms with E-state index in [1.54, 1.807) is 0 Å². The maximum Gasteiger partial charge on any atom is 0.223 e. The maximum atomic E-state index is 12.9. The fraction of sp³-hybridized carbons (Fsp3) is 0.727. The molecule has 0 aromatic carbocycles. The molecule has 0 radical (unpaired) electrons. The number of nitrogens with one attached hydrogen (secondary N) is 1. The average molecular weight is 389 g/mol. The second-order valence-electron chi connectivity index (χ2n) is 8.55. The number of rotatable bonds is 7. The van der Waals surface area contributed by atoms with Crippen LogP contribution < -0.4 is 5.32 Å². The molecule has 1 aromatic heterocycles. The molecular formula is C22H36N4O2. The van der Waals surface area contributed by atoms with E-state index in [2.05, 4.69) is 46.9 Å². The molecule has 1 atom stereocenters. The Balaban J connectivity index is 1.64. The molecule has 1 aromatic rings. The van der Waals surface area contributed by atoms with Crippen molar-refractivity contribution < 1.29 is 9.53 Å². The summed E-state index contributed by atoms with van der Waals surface area (Å²) in [5, 5.41) is 3.42. The number of amides is 1. The van der Waals surface area contributed by atoms with Crippen LogP contribution >= 0.6 is 0 Å². The molecule has 2 fully saturated rings. The van der Waals surface area contributed by atoms with Gasteiger partial charge in [0.05, 0.1) is 19.1 Å². The van der Waals surface area contributed by atoms with Crippen molar-refractivity contribution in [3.8, 4) is 0 Å². The third-order valence-corrected chi connectivity index (χ3v) is 6.22. The van der Waals surface area contributed by atoms with Crippen LogP contribution in [0.1, 0.15) is 45.7 Å². The summed E-state index contributed by atoms with van der Waals surface area (Å²) in [6.45, 7) is 12.2. The highest BCUT2D eigenvalue weighted by molar-refractivity contribution is 5.77. The normalized spacial score (nSPS) is 23.6. The fourth-order valence-electron chi connectivity index (χ4n) is 4.41. The lowest BCUT2D eigenvalue weighted by atomic mass is 9.82. The van der Waals surface area contributed by atoms with Crippen molar-refractivity contribution in [3.63, 3.8) is 0 Å². The van der Waals surface area contributed by atoms with Crippen LogP contribution in [-0.4, -0.2) is 77.7 Å². The monoisotopic (exact) mass is 388 g/mol. The Bertz CT molecular complexity index is 614. The third-order valence-electron chi connectivity index (χ3n) is 6.22. The van der Waals surface area contributed by atoms with Crippen LogP contribution in [0.4, 0.5) is 0 Å². The van der Waals surface area contributed by atoms with Crippen LogP contribution in [-0.2, 0) is 16.0 Å². The first kappa shape index (κ1) is 21.2. The fourth-order valence-corrected chi connectivity index (χ4v) is 4.41. The molecule has 3 rings (SSSR count). The van der Waals surface area contributed by atoms with Gasteiger partial charge in [-0.05, 0) is 45.4 Å². The van der Waals surface area contributed by atoms with Gasteiger partial charge in [-0.1, -0.05) is 13.0 Å². The number of piperidine rings is 1. The first-order valence-corrected chi connectivity index (χ1v) is 10.8. The number of nitrogens with zero attached hydrogens (tertiary/aromatic N) is 3. The molecule has 0 bridgehead atoms. The number of carbonyl (C=O) groups excluding carboxylic acids is 1. The van der Waals surface area contributed by atoms with E-state index in [4.69, 9.17) is 4.74 Å².